The lowest BCUT2D eigenvalue weighted by Gasteiger charge is -2.17. The zero-order valence-corrected chi connectivity index (χ0v) is 23.6. The van der Waals surface area contributed by atoms with Gasteiger partial charge in [0.1, 0.15) is 11.8 Å². The Balaban J connectivity index is 1.32. The minimum absolute atomic E-state index is 0.0800. The molecule has 0 fully saturated rings. The average molecular weight is 556 g/mol. The van der Waals surface area contributed by atoms with Gasteiger partial charge in [-0.1, -0.05) is 74.7 Å². The summed E-state index contributed by atoms with van der Waals surface area (Å²) in [5.74, 6) is -0.648. The second kappa shape index (κ2) is 13.7. The van der Waals surface area contributed by atoms with E-state index in [4.69, 9.17) is 10.5 Å². The zero-order valence-electron chi connectivity index (χ0n) is 23.6. The van der Waals surface area contributed by atoms with Crippen molar-refractivity contribution in [1.29, 1.82) is 0 Å². The van der Waals surface area contributed by atoms with Crippen molar-refractivity contribution in [2.24, 2.45) is 5.73 Å². The van der Waals surface area contributed by atoms with E-state index in [9.17, 15) is 19.5 Å². The summed E-state index contributed by atoms with van der Waals surface area (Å²) >= 11 is 0. The number of primary amides is 1. The molecule has 4 rings (SSSR count). The SMILES string of the molecule is Cc1cccc(OCCCCCC[C@@H](C(N)=O)n2cnc3ccccc3c2=O)c1-c1cccc(C(C)CC(=O)O)c1. The van der Waals surface area contributed by atoms with Crippen LogP contribution < -0.4 is 16.0 Å². The average Bonchev–Trinajstić information content (AvgIpc) is 2.95. The van der Waals surface area contributed by atoms with Gasteiger partial charge in [0.05, 0.1) is 30.3 Å². The number of hydrogen-bond acceptors (Lipinski definition) is 5. The molecule has 0 radical (unpaired) electrons. The summed E-state index contributed by atoms with van der Waals surface area (Å²) in [7, 11) is 0. The van der Waals surface area contributed by atoms with Gasteiger partial charge in [-0.05, 0) is 60.6 Å². The minimum Gasteiger partial charge on any atom is -0.493 e. The Morgan fingerprint density at radius 3 is 2.54 bits per heavy atom. The number of nitrogens with two attached hydrogens (primary N) is 1. The van der Waals surface area contributed by atoms with Crippen molar-refractivity contribution < 1.29 is 19.4 Å². The maximum atomic E-state index is 12.9. The van der Waals surface area contributed by atoms with Crippen LogP contribution in [0.4, 0.5) is 0 Å². The molecule has 0 aliphatic heterocycles. The second-order valence-corrected chi connectivity index (χ2v) is 10.5. The number of ether oxygens (including phenoxy) is 1. The van der Waals surface area contributed by atoms with Crippen LogP contribution in [-0.4, -0.2) is 33.1 Å². The van der Waals surface area contributed by atoms with Crippen LogP contribution in [0, 0.1) is 6.92 Å². The second-order valence-electron chi connectivity index (χ2n) is 10.5. The monoisotopic (exact) mass is 555 g/mol. The number of unbranched alkanes of at least 4 members (excludes halogenated alkanes) is 3. The summed E-state index contributed by atoms with van der Waals surface area (Å²) in [6, 6.07) is 20.3. The number of fused-ring (bicyclic) bond motifs is 1. The molecule has 4 aromatic rings. The van der Waals surface area contributed by atoms with Gasteiger partial charge in [0.15, 0.2) is 0 Å². The molecule has 8 heteroatoms. The van der Waals surface area contributed by atoms with Crippen molar-refractivity contribution in [3.63, 3.8) is 0 Å². The Labute approximate surface area is 239 Å². The molecule has 1 amide bonds. The molecule has 8 nitrogen and oxygen atoms in total. The van der Waals surface area contributed by atoms with Crippen LogP contribution in [0.25, 0.3) is 22.0 Å². The summed E-state index contributed by atoms with van der Waals surface area (Å²) in [5.41, 5.74) is 10.1. The van der Waals surface area contributed by atoms with Crippen molar-refractivity contribution >= 4 is 22.8 Å². The number of aryl methyl sites for hydroxylation is 1. The number of amides is 1. The van der Waals surface area contributed by atoms with Crippen LogP contribution in [0.1, 0.15) is 68.5 Å². The van der Waals surface area contributed by atoms with Gasteiger partial charge in [0.25, 0.3) is 5.56 Å². The zero-order chi connectivity index (χ0) is 29.4. The van der Waals surface area contributed by atoms with Gasteiger partial charge >= 0.3 is 5.97 Å². The lowest BCUT2D eigenvalue weighted by Crippen LogP contribution is -2.34. The molecular weight excluding hydrogens is 518 g/mol. The van der Waals surface area contributed by atoms with E-state index in [0.29, 0.717) is 23.9 Å². The third-order valence-corrected chi connectivity index (χ3v) is 7.44. The summed E-state index contributed by atoms with van der Waals surface area (Å²) in [4.78, 5) is 40.6. The molecular formula is C33H37N3O5. The fourth-order valence-electron chi connectivity index (χ4n) is 5.21. The normalized spacial score (nSPS) is 12.6. The van der Waals surface area contributed by atoms with Crippen LogP contribution in [0.3, 0.4) is 0 Å². The van der Waals surface area contributed by atoms with E-state index in [1.54, 1.807) is 18.2 Å². The fourth-order valence-corrected chi connectivity index (χ4v) is 5.21. The van der Waals surface area contributed by atoms with Crippen molar-refractivity contribution in [2.75, 3.05) is 6.61 Å². The van der Waals surface area contributed by atoms with Crippen LogP contribution >= 0.6 is 0 Å². The number of carbonyl (C=O) groups excluding carboxylic acids is 1. The number of rotatable bonds is 14. The van der Waals surface area contributed by atoms with E-state index in [0.717, 1.165) is 53.7 Å². The molecule has 41 heavy (non-hydrogen) atoms. The molecule has 0 saturated carbocycles. The van der Waals surface area contributed by atoms with Gasteiger partial charge in [-0.3, -0.25) is 19.0 Å². The van der Waals surface area contributed by atoms with Gasteiger partial charge in [-0.15, -0.1) is 0 Å². The molecule has 1 heterocycles. The summed E-state index contributed by atoms with van der Waals surface area (Å²) in [6.45, 7) is 4.51. The molecule has 2 atom stereocenters. The topological polar surface area (TPSA) is 125 Å². The number of para-hydroxylation sites is 1. The number of aliphatic carboxylic acids is 1. The van der Waals surface area contributed by atoms with E-state index in [1.165, 1.54) is 10.9 Å². The summed E-state index contributed by atoms with van der Waals surface area (Å²) < 4.78 is 7.56. The third kappa shape index (κ3) is 7.39. The molecule has 0 spiro atoms. The molecule has 0 bridgehead atoms. The predicted octanol–water partition coefficient (Wildman–Crippen LogP) is 6.01. The van der Waals surface area contributed by atoms with Crippen molar-refractivity contribution in [2.45, 2.75) is 64.3 Å². The van der Waals surface area contributed by atoms with Crippen LogP contribution in [0.15, 0.2) is 77.9 Å². The van der Waals surface area contributed by atoms with Crippen molar-refractivity contribution in [1.82, 2.24) is 9.55 Å². The molecule has 0 saturated heterocycles. The van der Waals surface area contributed by atoms with Gasteiger partial charge in [-0.2, -0.15) is 0 Å². The maximum absolute atomic E-state index is 12.9. The van der Waals surface area contributed by atoms with E-state index in [-0.39, 0.29) is 17.9 Å². The lowest BCUT2D eigenvalue weighted by atomic mass is 9.92. The number of benzene rings is 3. The highest BCUT2D eigenvalue weighted by molar-refractivity contribution is 5.80. The number of carboxylic acid groups (broad SMARTS) is 1. The molecule has 3 N–H and O–H groups in total. The Kier molecular flexibility index (Phi) is 9.90. The largest absolute Gasteiger partial charge is 0.493 e. The van der Waals surface area contributed by atoms with E-state index in [2.05, 4.69) is 4.98 Å². The van der Waals surface area contributed by atoms with Gasteiger partial charge in [0, 0.05) is 5.56 Å². The number of carboxylic acids is 1. The first-order valence-electron chi connectivity index (χ1n) is 14.1. The lowest BCUT2D eigenvalue weighted by molar-refractivity contribution is -0.137. The number of hydrogen-bond donors (Lipinski definition) is 2. The highest BCUT2D eigenvalue weighted by atomic mass is 16.5. The Hall–Kier alpha value is -4.46. The molecule has 0 aliphatic carbocycles. The highest BCUT2D eigenvalue weighted by Crippen LogP contribution is 2.35. The first-order valence-corrected chi connectivity index (χ1v) is 14.1. The Morgan fingerprint density at radius 2 is 1.76 bits per heavy atom. The predicted molar refractivity (Wildman–Crippen MR) is 160 cm³/mol. The molecule has 214 valence electrons. The molecule has 1 unspecified atom stereocenters. The Morgan fingerprint density at radius 1 is 1.00 bits per heavy atom. The number of carbonyl (C=O) groups is 2. The van der Waals surface area contributed by atoms with Crippen molar-refractivity contribution in [3.8, 4) is 16.9 Å². The first kappa shape index (κ1) is 29.5. The Bertz CT molecular complexity index is 1580. The summed E-state index contributed by atoms with van der Waals surface area (Å²) in [5, 5.41) is 9.65. The van der Waals surface area contributed by atoms with Gasteiger partial charge in [0.2, 0.25) is 5.91 Å². The van der Waals surface area contributed by atoms with Gasteiger partial charge in [-0.25, -0.2) is 4.98 Å². The molecule has 0 aliphatic rings. The van der Waals surface area contributed by atoms with Crippen molar-refractivity contribution in [3.05, 3.63) is 94.5 Å². The molecule has 1 aromatic heterocycles. The summed E-state index contributed by atoms with van der Waals surface area (Å²) in [6.07, 6.45) is 5.31. The molecule has 3 aromatic carbocycles. The smallest absolute Gasteiger partial charge is 0.303 e. The van der Waals surface area contributed by atoms with E-state index >= 15 is 0 Å². The standard InChI is InChI=1S/C33H37N3O5/c1-22-11-9-17-29(31(22)25-13-10-12-24(20-25)23(2)19-30(37)38)41-18-8-4-3-5-16-28(32(34)39)36-21-35-27-15-7-6-14-26(27)33(36)40/h6-7,9-15,17,20-21,23,28H,3-5,8,16,18-19H2,1-2H3,(H2,34,39)(H,37,38)/t23?,28-/m0/s1. The number of nitrogens with zero attached hydrogens (tertiary/aromatic N) is 2. The van der Waals surface area contributed by atoms with Crippen LogP contribution in [0.2, 0.25) is 0 Å². The van der Waals surface area contributed by atoms with E-state index in [1.807, 2.05) is 62.4 Å². The maximum Gasteiger partial charge on any atom is 0.303 e. The highest BCUT2D eigenvalue weighted by Gasteiger charge is 2.20. The van der Waals surface area contributed by atoms with E-state index < -0.39 is 17.9 Å². The fraction of sp³-hybridized carbons (Fsp3) is 0.333. The number of aromatic nitrogens is 2. The van der Waals surface area contributed by atoms with Crippen LogP contribution in [-0.2, 0) is 9.59 Å². The van der Waals surface area contributed by atoms with Gasteiger partial charge < -0.3 is 15.6 Å². The van der Waals surface area contributed by atoms with Crippen LogP contribution in [0.5, 0.6) is 5.75 Å². The minimum atomic E-state index is -0.812. The quantitative estimate of drug-likeness (QED) is 0.184. The third-order valence-electron chi connectivity index (χ3n) is 7.44. The first-order chi connectivity index (χ1) is 19.8.